The van der Waals surface area contributed by atoms with Gasteiger partial charge >= 0.3 is 0 Å². The monoisotopic (exact) mass is 257 g/mol. The molecular formula is C15H12ClNO. The lowest BCUT2D eigenvalue weighted by atomic mass is 10.1. The Balaban J connectivity index is 2.38. The van der Waals surface area contributed by atoms with Gasteiger partial charge in [-0.15, -0.1) is 0 Å². The van der Waals surface area contributed by atoms with Crippen molar-refractivity contribution in [1.29, 1.82) is 5.26 Å². The minimum Gasteiger partial charge on any atom is -0.456 e. The van der Waals surface area contributed by atoms with Gasteiger partial charge in [-0.2, -0.15) is 5.26 Å². The Labute approximate surface area is 111 Å². The lowest BCUT2D eigenvalue weighted by Gasteiger charge is -2.12. The van der Waals surface area contributed by atoms with Crippen LogP contribution in [0.3, 0.4) is 0 Å². The first-order chi connectivity index (χ1) is 8.72. The number of halogens is 1. The van der Waals surface area contributed by atoms with Crippen molar-refractivity contribution >= 4 is 11.6 Å². The first kappa shape index (κ1) is 12.5. The molecule has 0 amide bonds. The normalized spacial score (nSPS) is 9.83. The average molecular weight is 258 g/mol. The summed E-state index contributed by atoms with van der Waals surface area (Å²) in [6.07, 6.45) is 0.355. The van der Waals surface area contributed by atoms with Crippen molar-refractivity contribution in [2.75, 3.05) is 0 Å². The van der Waals surface area contributed by atoms with Gasteiger partial charge in [-0.3, -0.25) is 0 Å². The van der Waals surface area contributed by atoms with Crippen molar-refractivity contribution in [3.63, 3.8) is 0 Å². The molecule has 0 fully saturated rings. The van der Waals surface area contributed by atoms with Gasteiger partial charge in [0.05, 0.1) is 17.5 Å². The van der Waals surface area contributed by atoms with Crippen molar-refractivity contribution in [2.24, 2.45) is 0 Å². The van der Waals surface area contributed by atoms with E-state index in [1.165, 1.54) is 0 Å². The third-order valence-corrected chi connectivity index (χ3v) is 3.00. The predicted octanol–water partition coefficient (Wildman–Crippen LogP) is 4.51. The van der Waals surface area contributed by atoms with Gasteiger partial charge < -0.3 is 4.74 Å². The van der Waals surface area contributed by atoms with E-state index in [4.69, 9.17) is 21.6 Å². The van der Waals surface area contributed by atoms with Crippen LogP contribution >= 0.6 is 11.6 Å². The van der Waals surface area contributed by atoms with Gasteiger partial charge in [0.1, 0.15) is 11.5 Å². The van der Waals surface area contributed by atoms with Crippen LogP contribution in [-0.2, 0) is 6.42 Å². The van der Waals surface area contributed by atoms with E-state index in [2.05, 4.69) is 6.07 Å². The zero-order valence-corrected chi connectivity index (χ0v) is 10.7. The highest BCUT2D eigenvalue weighted by Crippen LogP contribution is 2.34. The minimum atomic E-state index is 0.355. The molecule has 90 valence electrons. The van der Waals surface area contributed by atoms with Crippen LogP contribution in [0.25, 0.3) is 0 Å². The molecule has 0 aliphatic carbocycles. The fourth-order valence-electron chi connectivity index (χ4n) is 1.71. The molecule has 0 saturated carbocycles. The molecule has 2 aromatic rings. The van der Waals surface area contributed by atoms with Crippen LogP contribution in [-0.4, -0.2) is 0 Å². The van der Waals surface area contributed by atoms with Crippen LogP contribution < -0.4 is 4.74 Å². The van der Waals surface area contributed by atoms with Gasteiger partial charge in [-0.1, -0.05) is 35.9 Å². The highest BCUT2D eigenvalue weighted by Gasteiger charge is 2.10. The maximum atomic E-state index is 8.77. The number of nitriles is 1. The molecule has 18 heavy (non-hydrogen) atoms. The van der Waals surface area contributed by atoms with E-state index >= 15 is 0 Å². The molecule has 2 aromatic carbocycles. The molecule has 0 radical (unpaired) electrons. The lowest BCUT2D eigenvalue weighted by molar-refractivity contribution is 0.478. The van der Waals surface area contributed by atoms with E-state index in [1.54, 1.807) is 6.07 Å². The number of rotatable bonds is 3. The second kappa shape index (κ2) is 5.57. The van der Waals surface area contributed by atoms with Crippen LogP contribution in [0.15, 0.2) is 42.5 Å². The maximum Gasteiger partial charge on any atom is 0.149 e. The molecule has 2 nitrogen and oxygen atoms in total. The molecule has 0 bridgehead atoms. The second-order valence-corrected chi connectivity index (χ2v) is 4.32. The third kappa shape index (κ3) is 2.64. The van der Waals surface area contributed by atoms with Gasteiger partial charge in [0.25, 0.3) is 0 Å². The Kier molecular flexibility index (Phi) is 3.86. The fraction of sp³-hybridized carbons (Fsp3) is 0.133. The minimum absolute atomic E-state index is 0.355. The van der Waals surface area contributed by atoms with Crippen molar-refractivity contribution in [3.05, 3.63) is 58.6 Å². The summed E-state index contributed by atoms with van der Waals surface area (Å²) in [7, 11) is 0. The molecule has 0 aromatic heterocycles. The van der Waals surface area contributed by atoms with Crippen LogP contribution in [0.2, 0.25) is 5.02 Å². The molecule has 0 saturated heterocycles. The number of para-hydroxylation sites is 1. The second-order valence-electron chi connectivity index (χ2n) is 3.91. The van der Waals surface area contributed by atoms with E-state index in [9.17, 15) is 0 Å². The van der Waals surface area contributed by atoms with E-state index < -0.39 is 0 Å². The Morgan fingerprint density at radius 3 is 2.56 bits per heavy atom. The summed E-state index contributed by atoms with van der Waals surface area (Å²) in [6, 6.07) is 15.2. The topological polar surface area (TPSA) is 33.0 Å². The molecular weight excluding hydrogens is 246 g/mol. The lowest BCUT2D eigenvalue weighted by Crippen LogP contribution is -1.94. The van der Waals surface area contributed by atoms with E-state index in [0.717, 1.165) is 16.9 Å². The Morgan fingerprint density at radius 1 is 1.17 bits per heavy atom. The molecule has 0 unspecified atom stereocenters. The molecule has 0 atom stereocenters. The molecule has 0 aliphatic heterocycles. The summed E-state index contributed by atoms with van der Waals surface area (Å²) in [5.41, 5.74) is 1.85. The van der Waals surface area contributed by atoms with Gasteiger partial charge in [0.2, 0.25) is 0 Å². The number of hydrogen-bond donors (Lipinski definition) is 0. The first-order valence-electron chi connectivity index (χ1n) is 5.60. The highest BCUT2D eigenvalue weighted by atomic mass is 35.5. The summed E-state index contributed by atoms with van der Waals surface area (Å²) >= 11 is 6.14. The smallest absolute Gasteiger partial charge is 0.149 e. The van der Waals surface area contributed by atoms with Crippen molar-refractivity contribution < 1.29 is 4.74 Å². The summed E-state index contributed by atoms with van der Waals surface area (Å²) in [5, 5.41) is 9.32. The van der Waals surface area contributed by atoms with Crippen LogP contribution in [0.5, 0.6) is 11.5 Å². The van der Waals surface area contributed by atoms with Crippen molar-refractivity contribution in [1.82, 2.24) is 0 Å². The Bertz CT molecular complexity index is 587. The van der Waals surface area contributed by atoms with Gasteiger partial charge in [-0.25, -0.2) is 0 Å². The zero-order valence-electron chi connectivity index (χ0n) is 9.98. The predicted molar refractivity (Wildman–Crippen MR) is 72.0 cm³/mol. The molecule has 0 aliphatic rings. The quantitative estimate of drug-likeness (QED) is 0.811. The largest absolute Gasteiger partial charge is 0.456 e. The van der Waals surface area contributed by atoms with Gasteiger partial charge in [-0.05, 0) is 36.2 Å². The van der Waals surface area contributed by atoms with E-state index in [0.29, 0.717) is 17.2 Å². The van der Waals surface area contributed by atoms with Gasteiger partial charge in [0.15, 0.2) is 0 Å². The Morgan fingerprint density at radius 2 is 1.89 bits per heavy atom. The molecule has 2 rings (SSSR count). The first-order valence-corrected chi connectivity index (χ1v) is 5.98. The van der Waals surface area contributed by atoms with Crippen LogP contribution in [0.4, 0.5) is 0 Å². The summed E-state index contributed by atoms with van der Waals surface area (Å²) in [6.45, 7) is 1.91. The van der Waals surface area contributed by atoms with Crippen molar-refractivity contribution in [3.8, 4) is 17.6 Å². The summed E-state index contributed by atoms with van der Waals surface area (Å²) in [5.74, 6) is 1.35. The van der Waals surface area contributed by atoms with E-state index in [-0.39, 0.29) is 0 Å². The molecule has 0 heterocycles. The number of hydrogen-bond acceptors (Lipinski definition) is 2. The zero-order chi connectivity index (χ0) is 13.0. The fourth-order valence-corrected chi connectivity index (χ4v) is 1.95. The number of benzene rings is 2. The summed E-state index contributed by atoms with van der Waals surface area (Å²) in [4.78, 5) is 0. The standard InChI is InChI=1S/C15H12ClNO/c1-11-12(9-10-17)7-8-14(16)15(11)18-13-5-3-2-4-6-13/h2-8H,9H2,1H3. The van der Waals surface area contributed by atoms with Crippen LogP contribution in [0, 0.1) is 18.3 Å². The van der Waals surface area contributed by atoms with Crippen molar-refractivity contribution in [2.45, 2.75) is 13.3 Å². The molecule has 3 heteroatoms. The number of nitrogens with zero attached hydrogens (tertiary/aromatic N) is 1. The maximum absolute atomic E-state index is 8.77. The molecule has 0 spiro atoms. The molecule has 0 N–H and O–H groups in total. The summed E-state index contributed by atoms with van der Waals surface area (Å²) < 4.78 is 5.79. The van der Waals surface area contributed by atoms with Crippen LogP contribution in [0.1, 0.15) is 11.1 Å². The third-order valence-electron chi connectivity index (χ3n) is 2.70. The highest BCUT2D eigenvalue weighted by molar-refractivity contribution is 6.32. The SMILES string of the molecule is Cc1c(CC#N)ccc(Cl)c1Oc1ccccc1. The average Bonchev–Trinajstić information content (AvgIpc) is 2.39. The Hall–Kier alpha value is -1.98. The number of ether oxygens (including phenoxy) is 1. The van der Waals surface area contributed by atoms with Gasteiger partial charge in [0, 0.05) is 0 Å². The van der Waals surface area contributed by atoms with E-state index in [1.807, 2.05) is 43.3 Å².